The lowest BCUT2D eigenvalue weighted by Crippen LogP contribution is -2.30. The van der Waals surface area contributed by atoms with Crippen molar-refractivity contribution in [1.29, 1.82) is 0 Å². The molecule has 1 heterocycles. The Morgan fingerprint density at radius 2 is 1.78 bits per heavy atom. The molecule has 2 rings (SSSR count). The zero-order valence-electron chi connectivity index (χ0n) is 13.7. The van der Waals surface area contributed by atoms with E-state index in [0.717, 1.165) is 5.56 Å². The number of nitrogens with zero attached hydrogens (tertiary/aromatic N) is 1. The van der Waals surface area contributed by atoms with Crippen molar-refractivity contribution in [3.8, 4) is 5.75 Å². The number of benzene rings is 1. The second kappa shape index (κ2) is 7.63. The molecule has 0 aliphatic carbocycles. The number of carbonyl (C=O) groups excluding carboxylic acids is 2. The molecule has 0 aliphatic rings. The first-order valence-corrected chi connectivity index (χ1v) is 7.69. The average Bonchev–Trinajstić information content (AvgIpc) is 2.98. The normalized spacial score (nSPS) is 10.4. The van der Waals surface area contributed by atoms with E-state index in [1.807, 2.05) is 26.0 Å². The molecule has 0 atom stereocenters. The summed E-state index contributed by atoms with van der Waals surface area (Å²) in [5.41, 5.74) is 0.832. The third kappa shape index (κ3) is 4.22. The molecule has 0 spiro atoms. The number of hydrogen-bond donors (Lipinski definition) is 0. The molecule has 0 radical (unpaired) electrons. The molecule has 5 heteroatoms. The molecular formula is C18H21NO4. The highest BCUT2D eigenvalue weighted by Crippen LogP contribution is 2.23. The van der Waals surface area contributed by atoms with Crippen LogP contribution >= 0.6 is 0 Å². The van der Waals surface area contributed by atoms with Gasteiger partial charge in [-0.25, -0.2) is 0 Å². The van der Waals surface area contributed by atoms with E-state index in [2.05, 4.69) is 0 Å². The van der Waals surface area contributed by atoms with Gasteiger partial charge in [-0.05, 0) is 32.0 Å². The zero-order valence-corrected chi connectivity index (χ0v) is 13.7. The minimum atomic E-state index is -0.366. The maximum atomic E-state index is 12.2. The van der Waals surface area contributed by atoms with E-state index in [1.54, 1.807) is 29.2 Å². The molecule has 122 valence electrons. The van der Waals surface area contributed by atoms with Crippen molar-refractivity contribution in [3.05, 3.63) is 53.5 Å². The highest BCUT2D eigenvalue weighted by molar-refractivity contribution is 5.91. The van der Waals surface area contributed by atoms with Crippen LogP contribution in [-0.2, 0) is 11.2 Å². The highest BCUT2D eigenvalue weighted by Gasteiger charge is 2.17. The predicted octanol–water partition coefficient (Wildman–Crippen LogP) is 3.28. The van der Waals surface area contributed by atoms with Gasteiger partial charge in [0.2, 0.25) is 0 Å². The van der Waals surface area contributed by atoms with Crippen LogP contribution < -0.4 is 4.74 Å². The molecule has 0 fully saturated rings. The first-order valence-electron chi connectivity index (χ1n) is 7.69. The summed E-state index contributed by atoms with van der Waals surface area (Å²) in [5.74, 6) is 1.01. The van der Waals surface area contributed by atoms with Crippen LogP contribution in [0.15, 0.2) is 40.8 Å². The molecule has 0 saturated carbocycles. The van der Waals surface area contributed by atoms with Crippen LogP contribution in [-0.4, -0.2) is 29.9 Å². The van der Waals surface area contributed by atoms with Crippen molar-refractivity contribution in [2.45, 2.75) is 27.2 Å². The van der Waals surface area contributed by atoms with Gasteiger partial charge in [0.05, 0.1) is 0 Å². The van der Waals surface area contributed by atoms with Crippen molar-refractivity contribution in [3.63, 3.8) is 0 Å². The summed E-state index contributed by atoms with van der Waals surface area (Å²) < 4.78 is 10.9. The Morgan fingerprint density at radius 1 is 1.09 bits per heavy atom. The van der Waals surface area contributed by atoms with Gasteiger partial charge in [-0.3, -0.25) is 9.59 Å². The van der Waals surface area contributed by atoms with Gasteiger partial charge in [0.15, 0.2) is 5.76 Å². The molecule has 1 aromatic carbocycles. The van der Waals surface area contributed by atoms with Crippen LogP contribution in [0.2, 0.25) is 0 Å². The molecule has 23 heavy (non-hydrogen) atoms. The number of ether oxygens (including phenoxy) is 1. The summed E-state index contributed by atoms with van der Waals surface area (Å²) >= 11 is 0. The fourth-order valence-corrected chi connectivity index (χ4v) is 2.35. The Hall–Kier alpha value is -2.56. The summed E-state index contributed by atoms with van der Waals surface area (Å²) in [7, 11) is 0. The lowest BCUT2D eigenvalue weighted by atomic mass is 10.1. The molecule has 0 unspecified atom stereocenters. The first-order chi connectivity index (χ1) is 11.0. The van der Waals surface area contributed by atoms with Gasteiger partial charge < -0.3 is 14.1 Å². The Kier molecular flexibility index (Phi) is 5.57. The van der Waals surface area contributed by atoms with Gasteiger partial charge in [0, 0.05) is 32.0 Å². The number of carbonyl (C=O) groups is 2. The zero-order chi connectivity index (χ0) is 16.8. The van der Waals surface area contributed by atoms with E-state index < -0.39 is 0 Å². The number of esters is 1. The van der Waals surface area contributed by atoms with Crippen LogP contribution in [0.4, 0.5) is 0 Å². The van der Waals surface area contributed by atoms with E-state index >= 15 is 0 Å². The number of furan rings is 1. The highest BCUT2D eigenvalue weighted by atomic mass is 16.5. The van der Waals surface area contributed by atoms with Crippen molar-refractivity contribution >= 4 is 11.9 Å². The molecule has 5 nitrogen and oxygen atoms in total. The second-order valence-corrected chi connectivity index (χ2v) is 5.12. The summed E-state index contributed by atoms with van der Waals surface area (Å²) in [5, 5.41) is 0. The molecular weight excluding hydrogens is 294 g/mol. The van der Waals surface area contributed by atoms with E-state index in [1.165, 1.54) is 6.92 Å². The number of hydrogen-bond acceptors (Lipinski definition) is 4. The number of para-hydroxylation sites is 1. The first kappa shape index (κ1) is 16.8. The number of amides is 1. The Bertz CT molecular complexity index is 686. The van der Waals surface area contributed by atoms with Crippen molar-refractivity contribution in [2.24, 2.45) is 0 Å². The molecule has 2 aromatic rings. The maximum absolute atomic E-state index is 12.2. The largest absolute Gasteiger partial charge is 0.456 e. The summed E-state index contributed by atoms with van der Waals surface area (Å²) in [6.45, 7) is 6.51. The van der Waals surface area contributed by atoms with Crippen LogP contribution in [0.5, 0.6) is 5.75 Å². The minimum Gasteiger partial charge on any atom is -0.456 e. The van der Waals surface area contributed by atoms with Gasteiger partial charge in [0.1, 0.15) is 11.5 Å². The van der Waals surface area contributed by atoms with Crippen LogP contribution in [0.1, 0.15) is 42.6 Å². The van der Waals surface area contributed by atoms with Gasteiger partial charge in [-0.1, -0.05) is 18.2 Å². The Labute approximate surface area is 135 Å². The fourth-order valence-electron chi connectivity index (χ4n) is 2.35. The van der Waals surface area contributed by atoms with Crippen LogP contribution in [0, 0.1) is 0 Å². The van der Waals surface area contributed by atoms with E-state index in [4.69, 9.17) is 9.15 Å². The lowest BCUT2D eigenvalue weighted by Gasteiger charge is -2.16. The number of rotatable bonds is 6. The van der Waals surface area contributed by atoms with E-state index in [9.17, 15) is 9.59 Å². The molecule has 1 aromatic heterocycles. The van der Waals surface area contributed by atoms with Gasteiger partial charge in [-0.15, -0.1) is 0 Å². The standard InChI is InChI=1S/C18H21NO4/c1-4-19(5-2)18(21)17-11-10-15(23-17)12-14-8-6-7-9-16(14)22-13(3)20/h6-11H,4-5,12H2,1-3H3. The SMILES string of the molecule is CCN(CC)C(=O)c1ccc(Cc2ccccc2OC(C)=O)o1. The second-order valence-electron chi connectivity index (χ2n) is 5.12. The smallest absolute Gasteiger partial charge is 0.308 e. The third-order valence-corrected chi connectivity index (χ3v) is 3.51. The van der Waals surface area contributed by atoms with Crippen molar-refractivity contribution < 1.29 is 18.7 Å². The van der Waals surface area contributed by atoms with Gasteiger partial charge in [-0.2, -0.15) is 0 Å². The van der Waals surface area contributed by atoms with Crippen LogP contribution in [0.25, 0.3) is 0 Å². The third-order valence-electron chi connectivity index (χ3n) is 3.51. The lowest BCUT2D eigenvalue weighted by molar-refractivity contribution is -0.131. The summed E-state index contributed by atoms with van der Waals surface area (Å²) in [6, 6.07) is 10.7. The molecule has 0 saturated heterocycles. The molecule has 0 aliphatic heterocycles. The minimum absolute atomic E-state index is 0.116. The fraction of sp³-hybridized carbons (Fsp3) is 0.333. The monoisotopic (exact) mass is 315 g/mol. The average molecular weight is 315 g/mol. The van der Waals surface area contributed by atoms with Crippen molar-refractivity contribution in [1.82, 2.24) is 4.90 Å². The van der Waals surface area contributed by atoms with Gasteiger partial charge in [0.25, 0.3) is 5.91 Å². The van der Waals surface area contributed by atoms with Gasteiger partial charge >= 0.3 is 5.97 Å². The topological polar surface area (TPSA) is 59.8 Å². The maximum Gasteiger partial charge on any atom is 0.308 e. The van der Waals surface area contributed by atoms with E-state index in [-0.39, 0.29) is 11.9 Å². The van der Waals surface area contributed by atoms with E-state index in [0.29, 0.717) is 36.8 Å². The molecule has 1 amide bonds. The van der Waals surface area contributed by atoms with Crippen molar-refractivity contribution in [2.75, 3.05) is 13.1 Å². The van der Waals surface area contributed by atoms with Crippen LogP contribution in [0.3, 0.4) is 0 Å². The summed E-state index contributed by atoms with van der Waals surface area (Å²) in [4.78, 5) is 25.1. The summed E-state index contributed by atoms with van der Waals surface area (Å²) in [6.07, 6.45) is 0.453. The Balaban J connectivity index is 2.17. The molecule has 0 bridgehead atoms. The Morgan fingerprint density at radius 3 is 2.43 bits per heavy atom. The quantitative estimate of drug-likeness (QED) is 0.606. The predicted molar refractivity (Wildman–Crippen MR) is 86.5 cm³/mol. The molecule has 0 N–H and O–H groups in total.